The van der Waals surface area contributed by atoms with Gasteiger partial charge in [-0.1, -0.05) is 66.7 Å². The van der Waals surface area contributed by atoms with Gasteiger partial charge >= 0.3 is 0 Å². The zero-order valence-corrected chi connectivity index (χ0v) is 13.9. The lowest BCUT2D eigenvalue weighted by Gasteiger charge is -2.08. The molecule has 114 valence electrons. The molecule has 24 heavy (non-hydrogen) atoms. The van der Waals surface area contributed by atoms with Crippen LogP contribution in [0, 0.1) is 13.8 Å². The number of hydrogen-bond donors (Lipinski definition) is 0. The fourth-order valence-electron chi connectivity index (χ4n) is 4.00. The van der Waals surface area contributed by atoms with Gasteiger partial charge in [0.15, 0.2) is 0 Å². The summed E-state index contributed by atoms with van der Waals surface area (Å²) in [6.45, 7) is 4.40. The van der Waals surface area contributed by atoms with E-state index in [9.17, 15) is 0 Å². The van der Waals surface area contributed by atoms with E-state index in [1.165, 1.54) is 54.3 Å². The normalized spacial score (nSPS) is 14.3. The van der Waals surface area contributed by atoms with Crippen LogP contribution in [-0.4, -0.2) is 0 Å². The highest BCUT2D eigenvalue weighted by molar-refractivity contribution is 6.25. The molecule has 5 rings (SSSR count). The summed E-state index contributed by atoms with van der Waals surface area (Å²) in [6.07, 6.45) is 2.37. The Kier molecular flexibility index (Phi) is 2.72. The van der Waals surface area contributed by atoms with Crippen molar-refractivity contribution < 1.29 is 0 Å². The maximum atomic E-state index is 2.37. The van der Waals surface area contributed by atoms with E-state index in [4.69, 9.17) is 0 Å². The van der Waals surface area contributed by atoms with Crippen molar-refractivity contribution in [2.75, 3.05) is 0 Å². The molecule has 2 aliphatic carbocycles. The SMILES string of the molecule is Cc1cc2c(cc1C)=C1C(=c3ccccc3=C1c1ccccc1)C=2. The van der Waals surface area contributed by atoms with Gasteiger partial charge in [0.25, 0.3) is 0 Å². The van der Waals surface area contributed by atoms with E-state index in [0.717, 1.165) is 0 Å². The van der Waals surface area contributed by atoms with Crippen LogP contribution in [0.25, 0.3) is 22.8 Å². The van der Waals surface area contributed by atoms with Gasteiger partial charge in [0.2, 0.25) is 0 Å². The van der Waals surface area contributed by atoms with Crippen molar-refractivity contribution in [2.45, 2.75) is 13.8 Å². The van der Waals surface area contributed by atoms with Crippen LogP contribution in [0.2, 0.25) is 0 Å². The average Bonchev–Trinajstić information content (AvgIpc) is 3.11. The van der Waals surface area contributed by atoms with Gasteiger partial charge in [-0.15, -0.1) is 0 Å². The third-order valence-electron chi connectivity index (χ3n) is 5.30. The maximum Gasteiger partial charge on any atom is -0.00140 e. The third-order valence-corrected chi connectivity index (χ3v) is 5.30. The lowest BCUT2D eigenvalue weighted by atomic mass is 9.95. The van der Waals surface area contributed by atoms with Crippen molar-refractivity contribution >= 4 is 22.8 Å². The zero-order valence-electron chi connectivity index (χ0n) is 13.9. The Bertz CT molecular complexity index is 1240. The van der Waals surface area contributed by atoms with Gasteiger partial charge in [0, 0.05) is 0 Å². The number of fused-ring (bicyclic) bond motifs is 3. The highest BCUT2D eigenvalue weighted by Crippen LogP contribution is 2.31. The van der Waals surface area contributed by atoms with Crippen LogP contribution in [0.15, 0.2) is 66.7 Å². The first-order valence-electron chi connectivity index (χ1n) is 8.47. The van der Waals surface area contributed by atoms with E-state index < -0.39 is 0 Å². The number of benzene rings is 3. The number of rotatable bonds is 1. The zero-order chi connectivity index (χ0) is 16.3. The van der Waals surface area contributed by atoms with Gasteiger partial charge in [-0.3, -0.25) is 0 Å². The topological polar surface area (TPSA) is 0 Å². The molecule has 0 N–H and O–H groups in total. The molecule has 0 aliphatic heterocycles. The first-order valence-corrected chi connectivity index (χ1v) is 8.47. The van der Waals surface area contributed by atoms with E-state index >= 15 is 0 Å². The van der Waals surface area contributed by atoms with Crippen molar-refractivity contribution in [3.63, 3.8) is 0 Å². The minimum absolute atomic E-state index is 1.30. The quantitative estimate of drug-likeness (QED) is 0.647. The van der Waals surface area contributed by atoms with E-state index in [1.807, 2.05) is 0 Å². The van der Waals surface area contributed by atoms with Crippen LogP contribution in [0.1, 0.15) is 16.7 Å². The summed E-state index contributed by atoms with van der Waals surface area (Å²) in [5.74, 6) is 0. The van der Waals surface area contributed by atoms with Crippen LogP contribution < -0.4 is 20.9 Å². The summed E-state index contributed by atoms with van der Waals surface area (Å²) in [6, 6.07) is 24.3. The standard InChI is InChI=1S/C24H18/c1-15-12-18-14-22-19-10-6-7-11-20(19)23(17-8-4-3-5-9-17)24(22)21(18)13-16(15)2/h3-14H,1-2H3. The van der Waals surface area contributed by atoms with Gasteiger partial charge in [-0.25, -0.2) is 0 Å². The van der Waals surface area contributed by atoms with Gasteiger partial charge in [-0.2, -0.15) is 0 Å². The molecule has 0 fully saturated rings. The summed E-state index contributed by atoms with van der Waals surface area (Å²) in [7, 11) is 0. The Hall–Kier alpha value is -2.86. The molecule has 0 aromatic heterocycles. The van der Waals surface area contributed by atoms with Gasteiger partial charge in [0.1, 0.15) is 0 Å². The van der Waals surface area contributed by atoms with Crippen molar-refractivity contribution in [1.82, 2.24) is 0 Å². The lowest BCUT2D eigenvalue weighted by molar-refractivity contribution is 1.30. The molecule has 0 heterocycles. The van der Waals surface area contributed by atoms with Crippen LogP contribution >= 0.6 is 0 Å². The molecular formula is C24H18. The second-order valence-electron chi connectivity index (χ2n) is 6.74. The fraction of sp³-hybridized carbons (Fsp3) is 0.0833. The van der Waals surface area contributed by atoms with Gasteiger partial charge in [0.05, 0.1) is 0 Å². The van der Waals surface area contributed by atoms with Gasteiger partial charge < -0.3 is 0 Å². The Balaban J connectivity index is 2.02. The van der Waals surface area contributed by atoms with Crippen LogP contribution in [0.4, 0.5) is 0 Å². The molecule has 0 radical (unpaired) electrons. The van der Waals surface area contributed by atoms with Crippen LogP contribution in [0.5, 0.6) is 0 Å². The fourth-order valence-corrected chi connectivity index (χ4v) is 4.00. The monoisotopic (exact) mass is 306 g/mol. The molecule has 0 atom stereocenters. The molecule has 0 saturated carbocycles. The molecule has 0 spiro atoms. The Morgan fingerprint density at radius 3 is 2.04 bits per heavy atom. The largest absolute Gasteiger partial charge is 0.0622 e. The predicted octanol–water partition coefficient (Wildman–Crippen LogP) is 2.31. The molecule has 3 aromatic carbocycles. The summed E-state index contributed by atoms with van der Waals surface area (Å²) < 4.78 is 0. The average molecular weight is 306 g/mol. The summed E-state index contributed by atoms with van der Waals surface area (Å²) in [5.41, 5.74) is 8.18. The van der Waals surface area contributed by atoms with Crippen LogP contribution in [-0.2, 0) is 0 Å². The van der Waals surface area contributed by atoms with Crippen molar-refractivity contribution in [1.29, 1.82) is 0 Å². The molecular weight excluding hydrogens is 288 g/mol. The molecule has 0 heteroatoms. The number of hydrogen-bond acceptors (Lipinski definition) is 0. The van der Waals surface area contributed by atoms with Gasteiger partial charge in [-0.05, 0) is 74.2 Å². The minimum atomic E-state index is 1.30. The van der Waals surface area contributed by atoms with Crippen molar-refractivity contribution in [3.8, 4) is 0 Å². The Morgan fingerprint density at radius 1 is 0.583 bits per heavy atom. The minimum Gasteiger partial charge on any atom is -0.0622 e. The molecule has 0 amide bonds. The highest BCUT2D eigenvalue weighted by Gasteiger charge is 2.23. The highest BCUT2D eigenvalue weighted by atomic mass is 14.3. The van der Waals surface area contributed by atoms with E-state index in [-0.39, 0.29) is 0 Å². The predicted molar refractivity (Wildman–Crippen MR) is 101 cm³/mol. The molecule has 0 unspecified atom stereocenters. The third kappa shape index (κ3) is 1.74. The summed E-state index contributed by atoms with van der Waals surface area (Å²) >= 11 is 0. The molecule has 2 aliphatic rings. The second-order valence-corrected chi connectivity index (χ2v) is 6.74. The number of aryl methyl sites for hydroxylation is 2. The molecule has 0 bridgehead atoms. The second kappa shape index (κ2) is 4.82. The van der Waals surface area contributed by atoms with Crippen molar-refractivity contribution in [2.24, 2.45) is 0 Å². The Labute approximate surface area is 141 Å². The van der Waals surface area contributed by atoms with E-state index in [2.05, 4.69) is 86.7 Å². The lowest BCUT2D eigenvalue weighted by Crippen LogP contribution is -2.27. The maximum absolute atomic E-state index is 2.37. The van der Waals surface area contributed by atoms with Crippen LogP contribution in [0.3, 0.4) is 0 Å². The molecule has 0 saturated heterocycles. The van der Waals surface area contributed by atoms with E-state index in [0.29, 0.717) is 0 Å². The first kappa shape index (κ1) is 13.6. The van der Waals surface area contributed by atoms with E-state index in [1.54, 1.807) is 0 Å². The smallest absolute Gasteiger partial charge is 0.00140 e. The first-order chi connectivity index (χ1) is 11.7. The molecule has 3 aromatic rings. The van der Waals surface area contributed by atoms with Crippen molar-refractivity contribution in [3.05, 3.63) is 104 Å². The summed E-state index contributed by atoms with van der Waals surface area (Å²) in [5, 5.41) is 5.45. The Morgan fingerprint density at radius 2 is 1.25 bits per heavy atom. The molecule has 0 nitrogen and oxygen atoms in total. The summed E-state index contributed by atoms with van der Waals surface area (Å²) in [4.78, 5) is 0.